The van der Waals surface area contributed by atoms with Crippen LogP contribution in [0.15, 0.2) is 24.5 Å². The number of ether oxygens (including phenoxy) is 2. The second-order valence-corrected chi connectivity index (χ2v) is 10.4. The van der Waals surface area contributed by atoms with Gasteiger partial charge in [-0.05, 0) is 32.9 Å². The highest BCUT2D eigenvalue weighted by molar-refractivity contribution is 7.91. The van der Waals surface area contributed by atoms with E-state index < -0.39 is 14.6 Å². The maximum atomic E-state index is 12.6. The molecule has 4 heterocycles. The Balaban J connectivity index is 1.98. The van der Waals surface area contributed by atoms with Crippen LogP contribution in [0.5, 0.6) is 5.75 Å². The molecule has 2 aliphatic rings. The summed E-state index contributed by atoms with van der Waals surface area (Å²) in [7, 11) is -3.46. The van der Waals surface area contributed by atoms with Gasteiger partial charge in [-0.3, -0.25) is 4.98 Å². The summed E-state index contributed by atoms with van der Waals surface area (Å²) < 4.78 is 35.6. The molecule has 0 bridgehead atoms. The Kier molecular flexibility index (Phi) is 4.54. The quantitative estimate of drug-likeness (QED) is 0.764. The molecule has 8 nitrogen and oxygen atoms in total. The third-order valence-electron chi connectivity index (χ3n) is 5.49. The summed E-state index contributed by atoms with van der Waals surface area (Å²) in [5.74, 6) is 1.52. The van der Waals surface area contributed by atoms with Gasteiger partial charge >= 0.3 is 0 Å². The molecule has 2 aliphatic heterocycles. The Bertz CT molecular complexity index is 994. The third kappa shape index (κ3) is 3.02. The SMILES string of the molecule is CC1COCC2COc3c(nc(-c4ccncc4)nc3C(C)(C)S(C)(=O)=O)N12. The van der Waals surface area contributed by atoms with Crippen LogP contribution in [0.3, 0.4) is 0 Å². The zero-order valence-corrected chi connectivity index (χ0v) is 17.2. The fourth-order valence-electron chi connectivity index (χ4n) is 3.55. The molecule has 0 amide bonds. The second kappa shape index (κ2) is 6.66. The summed E-state index contributed by atoms with van der Waals surface area (Å²) in [5, 5.41) is 0. The van der Waals surface area contributed by atoms with Gasteiger partial charge in [0.05, 0.1) is 25.3 Å². The first-order valence-electron chi connectivity index (χ1n) is 9.21. The molecule has 0 aromatic carbocycles. The molecule has 0 spiro atoms. The van der Waals surface area contributed by atoms with Gasteiger partial charge in [0, 0.05) is 24.2 Å². The highest BCUT2D eigenvalue weighted by Gasteiger charge is 2.43. The second-order valence-electron chi connectivity index (χ2n) is 7.83. The van der Waals surface area contributed by atoms with Gasteiger partial charge in [-0.25, -0.2) is 18.4 Å². The standard InChI is InChI=1S/C19H24N4O4S/c1-12-9-26-10-14-11-27-15-16(19(2,3)28(4,24)25)21-17(22-18(15)23(12)14)13-5-7-20-8-6-13/h5-8,12,14H,9-11H2,1-4H3. The Morgan fingerprint density at radius 2 is 1.86 bits per heavy atom. The average Bonchev–Trinajstić information content (AvgIpc) is 2.66. The van der Waals surface area contributed by atoms with Gasteiger partial charge in [-0.1, -0.05) is 0 Å². The van der Waals surface area contributed by atoms with Crippen molar-refractivity contribution >= 4 is 15.7 Å². The molecule has 2 aromatic heterocycles. The largest absolute Gasteiger partial charge is 0.486 e. The Hall–Kier alpha value is -2.26. The van der Waals surface area contributed by atoms with Crippen molar-refractivity contribution < 1.29 is 17.9 Å². The van der Waals surface area contributed by atoms with Crippen molar-refractivity contribution in [3.63, 3.8) is 0 Å². The van der Waals surface area contributed by atoms with Crippen molar-refractivity contribution in [3.8, 4) is 17.1 Å². The van der Waals surface area contributed by atoms with Crippen LogP contribution in [-0.4, -0.2) is 61.5 Å². The molecular formula is C19H24N4O4S. The van der Waals surface area contributed by atoms with E-state index in [-0.39, 0.29) is 12.1 Å². The fraction of sp³-hybridized carbons (Fsp3) is 0.526. The van der Waals surface area contributed by atoms with Crippen molar-refractivity contribution in [1.29, 1.82) is 0 Å². The summed E-state index contributed by atoms with van der Waals surface area (Å²) in [6, 6.07) is 3.74. The van der Waals surface area contributed by atoms with Gasteiger partial charge in [0.1, 0.15) is 17.0 Å². The number of aromatic nitrogens is 3. The molecule has 9 heteroatoms. The van der Waals surface area contributed by atoms with E-state index in [2.05, 4.69) is 21.8 Å². The Labute approximate surface area is 164 Å². The summed E-state index contributed by atoms with van der Waals surface area (Å²) in [6.07, 6.45) is 4.54. The zero-order valence-electron chi connectivity index (χ0n) is 16.4. The van der Waals surface area contributed by atoms with E-state index in [1.165, 1.54) is 6.26 Å². The van der Waals surface area contributed by atoms with Gasteiger partial charge in [-0.15, -0.1) is 0 Å². The van der Waals surface area contributed by atoms with Crippen LogP contribution < -0.4 is 9.64 Å². The summed E-state index contributed by atoms with van der Waals surface area (Å²) in [5.41, 5.74) is 1.15. The summed E-state index contributed by atoms with van der Waals surface area (Å²) in [4.78, 5) is 15.7. The number of pyridine rings is 1. The minimum absolute atomic E-state index is 0.0330. The van der Waals surface area contributed by atoms with Gasteiger partial charge < -0.3 is 14.4 Å². The molecule has 4 rings (SSSR count). The minimum Gasteiger partial charge on any atom is -0.486 e. The van der Waals surface area contributed by atoms with E-state index in [9.17, 15) is 8.42 Å². The fourth-order valence-corrected chi connectivity index (χ4v) is 4.03. The molecule has 0 radical (unpaired) electrons. The van der Waals surface area contributed by atoms with E-state index in [1.54, 1.807) is 26.2 Å². The van der Waals surface area contributed by atoms with E-state index >= 15 is 0 Å². The topological polar surface area (TPSA) is 94.5 Å². The van der Waals surface area contributed by atoms with Gasteiger partial charge in [0.25, 0.3) is 0 Å². The molecule has 0 aliphatic carbocycles. The average molecular weight is 404 g/mol. The zero-order chi connectivity index (χ0) is 20.1. The normalized spacial score (nSPS) is 22.2. The number of hydrogen-bond donors (Lipinski definition) is 0. The van der Waals surface area contributed by atoms with Gasteiger partial charge in [-0.2, -0.15) is 0 Å². The van der Waals surface area contributed by atoms with Crippen LogP contribution >= 0.6 is 0 Å². The van der Waals surface area contributed by atoms with Crippen molar-refractivity contribution in [3.05, 3.63) is 30.2 Å². The monoisotopic (exact) mass is 404 g/mol. The van der Waals surface area contributed by atoms with Crippen molar-refractivity contribution in [2.45, 2.75) is 37.6 Å². The molecule has 0 saturated carbocycles. The predicted octanol–water partition coefficient (Wildman–Crippen LogP) is 1.80. The molecule has 1 fully saturated rings. The lowest BCUT2D eigenvalue weighted by Gasteiger charge is -2.45. The summed E-state index contributed by atoms with van der Waals surface area (Å²) >= 11 is 0. The first-order chi connectivity index (χ1) is 13.2. The van der Waals surface area contributed by atoms with E-state index in [4.69, 9.17) is 14.5 Å². The Morgan fingerprint density at radius 3 is 2.54 bits per heavy atom. The number of nitrogens with zero attached hydrogens (tertiary/aromatic N) is 4. The van der Waals surface area contributed by atoms with E-state index in [0.29, 0.717) is 42.9 Å². The van der Waals surface area contributed by atoms with Crippen molar-refractivity contribution in [2.24, 2.45) is 0 Å². The van der Waals surface area contributed by atoms with Crippen molar-refractivity contribution in [1.82, 2.24) is 15.0 Å². The lowest BCUT2D eigenvalue weighted by molar-refractivity contribution is 0.0482. The first-order valence-corrected chi connectivity index (χ1v) is 11.1. The Morgan fingerprint density at radius 1 is 1.14 bits per heavy atom. The molecule has 150 valence electrons. The number of morpholine rings is 1. The molecule has 1 saturated heterocycles. The third-order valence-corrected chi connectivity index (χ3v) is 7.53. The van der Waals surface area contributed by atoms with Gasteiger partial charge in [0.15, 0.2) is 27.2 Å². The summed E-state index contributed by atoms with van der Waals surface area (Å²) in [6.45, 7) is 6.90. The number of rotatable bonds is 3. The number of anilines is 1. The van der Waals surface area contributed by atoms with Crippen LogP contribution in [0.1, 0.15) is 26.5 Å². The molecule has 2 aromatic rings. The van der Waals surface area contributed by atoms with Crippen LogP contribution in [0.25, 0.3) is 11.4 Å². The molecule has 2 atom stereocenters. The van der Waals surface area contributed by atoms with E-state index in [0.717, 1.165) is 5.56 Å². The predicted molar refractivity (Wildman–Crippen MR) is 105 cm³/mol. The van der Waals surface area contributed by atoms with Crippen LogP contribution in [0.4, 0.5) is 5.82 Å². The maximum absolute atomic E-state index is 12.6. The smallest absolute Gasteiger partial charge is 0.185 e. The van der Waals surface area contributed by atoms with Crippen LogP contribution in [0.2, 0.25) is 0 Å². The van der Waals surface area contributed by atoms with Crippen LogP contribution in [0, 0.1) is 0 Å². The van der Waals surface area contributed by atoms with E-state index in [1.807, 2.05) is 12.1 Å². The number of hydrogen-bond acceptors (Lipinski definition) is 8. The van der Waals surface area contributed by atoms with Crippen molar-refractivity contribution in [2.75, 3.05) is 31.0 Å². The minimum atomic E-state index is -3.46. The lowest BCUT2D eigenvalue weighted by Crippen LogP contribution is -2.56. The highest BCUT2D eigenvalue weighted by Crippen LogP contribution is 2.44. The van der Waals surface area contributed by atoms with Gasteiger partial charge in [0.2, 0.25) is 0 Å². The lowest BCUT2D eigenvalue weighted by atomic mass is 10.0. The maximum Gasteiger partial charge on any atom is 0.185 e. The molecule has 28 heavy (non-hydrogen) atoms. The number of sulfone groups is 1. The highest BCUT2D eigenvalue weighted by atomic mass is 32.2. The first kappa shape index (κ1) is 19.1. The van der Waals surface area contributed by atoms with Crippen LogP contribution in [-0.2, 0) is 19.3 Å². The molecule has 2 unspecified atom stereocenters. The molecular weight excluding hydrogens is 380 g/mol. The number of fused-ring (bicyclic) bond motifs is 3. The molecule has 0 N–H and O–H groups in total.